The number of benzene rings is 2. The van der Waals surface area contributed by atoms with Crippen LogP contribution in [0.1, 0.15) is 37.3 Å². The van der Waals surface area contributed by atoms with Gasteiger partial charge in [0.2, 0.25) is 21.8 Å². The van der Waals surface area contributed by atoms with E-state index >= 15 is 0 Å². The molecule has 1 N–H and O–H groups in total. The zero-order valence-electron chi connectivity index (χ0n) is 19.8. The first kappa shape index (κ1) is 28.0. The van der Waals surface area contributed by atoms with Gasteiger partial charge in [0.25, 0.3) is 0 Å². The second kappa shape index (κ2) is 12.4. The van der Waals surface area contributed by atoms with Crippen molar-refractivity contribution in [1.29, 1.82) is 0 Å². The molecule has 7 nitrogen and oxygen atoms in total. The van der Waals surface area contributed by atoms with Gasteiger partial charge in [-0.05, 0) is 49.6 Å². The molecule has 2 aromatic carbocycles. The van der Waals surface area contributed by atoms with Crippen LogP contribution in [0, 0.1) is 6.92 Å². The van der Waals surface area contributed by atoms with E-state index in [4.69, 9.17) is 23.2 Å². The molecule has 0 aromatic heterocycles. The number of likely N-dealkylation sites (N-methyl/N-ethyl adjacent to an activating group) is 1. The van der Waals surface area contributed by atoms with Crippen molar-refractivity contribution in [2.75, 3.05) is 24.2 Å². The van der Waals surface area contributed by atoms with Gasteiger partial charge in [-0.3, -0.25) is 13.9 Å². The largest absolute Gasteiger partial charge is 0.357 e. The third-order valence-electron chi connectivity index (χ3n) is 5.44. The Morgan fingerprint density at radius 1 is 1.06 bits per heavy atom. The number of anilines is 1. The number of hydrogen-bond donors (Lipinski definition) is 1. The third-order valence-corrected chi connectivity index (χ3v) is 7.38. The Hall–Kier alpha value is -2.29. The first-order valence-electron chi connectivity index (χ1n) is 11.0. The summed E-state index contributed by atoms with van der Waals surface area (Å²) in [5.41, 5.74) is 2.30. The van der Waals surface area contributed by atoms with Gasteiger partial charge in [0.1, 0.15) is 6.04 Å². The van der Waals surface area contributed by atoms with Gasteiger partial charge in [0.05, 0.1) is 22.0 Å². The Kier molecular flexibility index (Phi) is 10.2. The molecule has 0 saturated heterocycles. The Morgan fingerprint density at radius 3 is 2.24 bits per heavy atom. The predicted octanol–water partition coefficient (Wildman–Crippen LogP) is 4.40. The Morgan fingerprint density at radius 2 is 1.71 bits per heavy atom. The van der Waals surface area contributed by atoms with Crippen molar-refractivity contribution in [1.82, 2.24) is 10.2 Å². The number of hydrogen-bond acceptors (Lipinski definition) is 4. The highest BCUT2D eigenvalue weighted by atomic mass is 35.5. The molecule has 10 heteroatoms. The second-order valence-corrected chi connectivity index (χ2v) is 10.8. The van der Waals surface area contributed by atoms with Gasteiger partial charge in [-0.15, -0.1) is 0 Å². The molecule has 2 amide bonds. The highest BCUT2D eigenvalue weighted by Gasteiger charge is 2.28. The number of rotatable bonds is 11. The molecule has 0 bridgehead atoms. The van der Waals surface area contributed by atoms with E-state index in [0.29, 0.717) is 28.6 Å². The summed E-state index contributed by atoms with van der Waals surface area (Å²) < 4.78 is 26.0. The number of carbonyl (C=O) groups excluding carboxylic acids is 2. The molecule has 34 heavy (non-hydrogen) atoms. The summed E-state index contributed by atoms with van der Waals surface area (Å²) in [6, 6.07) is 11.6. The SMILES string of the molecule is CC[C@H](C(=O)NC)N(Cc1ccc(Cl)c(Cl)c1)C(=O)CCCN(c1ccc(C)cc1)S(C)(=O)=O. The maximum atomic E-state index is 13.3. The minimum Gasteiger partial charge on any atom is -0.357 e. The zero-order chi connectivity index (χ0) is 25.5. The Balaban J connectivity index is 2.20. The van der Waals surface area contributed by atoms with Crippen LogP contribution in [-0.4, -0.2) is 51.0 Å². The highest BCUT2D eigenvalue weighted by Crippen LogP contribution is 2.25. The summed E-state index contributed by atoms with van der Waals surface area (Å²) >= 11 is 12.1. The lowest BCUT2D eigenvalue weighted by molar-refractivity contribution is -0.141. The number of amides is 2. The van der Waals surface area contributed by atoms with E-state index in [1.165, 1.54) is 16.3 Å². The molecule has 0 fully saturated rings. The molecule has 0 aliphatic carbocycles. The number of carbonyl (C=O) groups is 2. The van der Waals surface area contributed by atoms with Gasteiger partial charge >= 0.3 is 0 Å². The van der Waals surface area contributed by atoms with Crippen LogP contribution in [0.5, 0.6) is 0 Å². The van der Waals surface area contributed by atoms with E-state index in [1.54, 1.807) is 30.3 Å². The molecule has 2 aromatic rings. The molecular formula is C24H31Cl2N3O4S. The topological polar surface area (TPSA) is 86.8 Å². The smallest absolute Gasteiger partial charge is 0.242 e. The quantitative estimate of drug-likeness (QED) is 0.469. The van der Waals surface area contributed by atoms with E-state index < -0.39 is 16.1 Å². The summed E-state index contributed by atoms with van der Waals surface area (Å²) in [6.45, 7) is 4.07. The van der Waals surface area contributed by atoms with Gasteiger partial charge in [-0.25, -0.2) is 8.42 Å². The van der Waals surface area contributed by atoms with Crippen LogP contribution in [0.4, 0.5) is 5.69 Å². The fourth-order valence-electron chi connectivity index (χ4n) is 3.64. The molecule has 186 valence electrons. The van der Waals surface area contributed by atoms with Crippen LogP contribution in [0.15, 0.2) is 42.5 Å². The van der Waals surface area contributed by atoms with Crippen LogP contribution >= 0.6 is 23.2 Å². The summed E-state index contributed by atoms with van der Waals surface area (Å²) in [7, 11) is -2.00. The van der Waals surface area contributed by atoms with Crippen molar-refractivity contribution >= 4 is 50.7 Å². The van der Waals surface area contributed by atoms with Gasteiger partial charge in [-0.2, -0.15) is 0 Å². The van der Waals surface area contributed by atoms with E-state index in [1.807, 2.05) is 26.0 Å². The molecule has 0 radical (unpaired) electrons. The zero-order valence-corrected chi connectivity index (χ0v) is 22.2. The fourth-order valence-corrected chi connectivity index (χ4v) is 4.92. The number of nitrogens with zero attached hydrogens (tertiary/aromatic N) is 2. The maximum absolute atomic E-state index is 13.3. The number of halogens is 2. The van der Waals surface area contributed by atoms with Crippen LogP contribution in [-0.2, 0) is 26.2 Å². The molecule has 0 aliphatic heterocycles. The Labute approximate surface area is 212 Å². The Bertz CT molecular complexity index is 1110. The van der Waals surface area contributed by atoms with E-state index in [9.17, 15) is 18.0 Å². The molecule has 0 spiro atoms. The monoisotopic (exact) mass is 527 g/mol. The van der Waals surface area contributed by atoms with Gasteiger partial charge in [-0.1, -0.05) is 53.9 Å². The van der Waals surface area contributed by atoms with Crippen molar-refractivity contribution in [3.05, 3.63) is 63.6 Å². The first-order valence-corrected chi connectivity index (χ1v) is 13.6. The van der Waals surface area contributed by atoms with E-state index in [0.717, 1.165) is 17.4 Å². The summed E-state index contributed by atoms with van der Waals surface area (Å²) in [6.07, 6.45) is 1.93. The van der Waals surface area contributed by atoms with Crippen LogP contribution < -0.4 is 9.62 Å². The number of nitrogens with one attached hydrogen (secondary N) is 1. The average molecular weight is 529 g/mol. The van der Waals surface area contributed by atoms with Crippen LogP contribution in [0.25, 0.3) is 0 Å². The molecule has 1 atom stereocenters. The first-order chi connectivity index (χ1) is 16.0. The third kappa shape index (κ3) is 7.61. The van der Waals surface area contributed by atoms with Crippen molar-refractivity contribution in [2.45, 2.75) is 45.7 Å². The van der Waals surface area contributed by atoms with Crippen LogP contribution in [0.3, 0.4) is 0 Å². The lowest BCUT2D eigenvalue weighted by Crippen LogP contribution is -2.48. The molecule has 0 heterocycles. The second-order valence-electron chi connectivity index (χ2n) is 8.08. The normalized spacial score (nSPS) is 12.2. The molecular weight excluding hydrogens is 497 g/mol. The molecule has 0 aliphatic rings. The standard InChI is InChI=1S/C24H31Cl2N3O4S/c1-5-22(24(31)27-3)28(16-18-10-13-20(25)21(26)15-18)23(30)7-6-14-29(34(4,32)33)19-11-8-17(2)9-12-19/h8-13,15,22H,5-7,14,16H2,1-4H3,(H,27,31)/t22-/m1/s1. The average Bonchev–Trinajstić information content (AvgIpc) is 2.78. The fraction of sp³-hybridized carbons (Fsp3) is 0.417. The molecule has 0 saturated carbocycles. The van der Waals surface area contributed by atoms with E-state index in [2.05, 4.69) is 5.32 Å². The highest BCUT2D eigenvalue weighted by molar-refractivity contribution is 7.92. The van der Waals surface area contributed by atoms with Crippen molar-refractivity contribution in [3.63, 3.8) is 0 Å². The minimum absolute atomic E-state index is 0.0761. The number of sulfonamides is 1. The van der Waals surface area contributed by atoms with E-state index in [-0.39, 0.29) is 31.3 Å². The maximum Gasteiger partial charge on any atom is 0.242 e. The summed E-state index contributed by atoms with van der Waals surface area (Å²) in [4.78, 5) is 27.2. The summed E-state index contributed by atoms with van der Waals surface area (Å²) in [5, 5.41) is 3.37. The van der Waals surface area contributed by atoms with Gasteiger partial charge in [0.15, 0.2) is 0 Å². The lowest BCUT2D eigenvalue weighted by Gasteiger charge is -2.31. The van der Waals surface area contributed by atoms with Gasteiger partial charge in [0, 0.05) is 26.6 Å². The molecule has 0 unspecified atom stereocenters. The minimum atomic E-state index is -3.53. The lowest BCUT2D eigenvalue weighted by atomic mass is 10.1. The van der Waals surface area contributed by atoms with Crippen molar-refractivity contribution in [2.24, 2.45) is 0 Å². The number of aryl methyl sites for hydroxylation is 1. The van der Waals surface area contributed by atoms with Crippen molar-refractivity contribution < 1.29 is 18.0 Å². The summed E-state index contributed by atoms with van der Waals surface area (Å²) in [5.74, 6) is -0.521. The van der Waals surface area contributed by atoms with Crippen LogP contribution in [0.2, 0.25) is 10.0 Å². The molecule has 2 rings (SSSR count). The predicted molar refractivity (Wildman–Crippen MR) is 138 cm³/mol. The van der Waals surface area contributed by atoms with Gasteiger partial charge < -0.3 is 10.2 Å². The van der Waals surface area contributed by atoms with Crippen molar-refractivity contribution in [3.8, 4) is 0 Å².